The molecule has 1 aromatic carbocycles. The molecule has 6 heteroatoms. The average Bonchev–Trinajstić information content (AvgIpc) is 2.99. The van der Waals surface area contributed by atoms with Crippen molar-refractivity contribution in [3.05, 3.63) is 54.1 Å². The molecule has 5 nitrogen and oxygen atoms in total. The van der Waals surface area contributed by atoms with Crippen LogP contribution in [0.15, 0.2) is 47.7 Å². The number of hydrogen-bond donors (Lipinski definition) is 2. The Morgan fingerprint density at radius 3 is 2.75 bits per heavy atom. The van der Waals surface area contributed by atoms with Crippen LogP contribution in [0.5, 0.6) is 0 Å². The number of nitrogens with zero attached hydrogens (tertiary/aromatic N) is 3. The normalized spacial score (nSPS) is 11.4. The Hall–Kier alpha value is -1.57. The van der Waals surface area contributed by atoms with Gasteiger partial charge in [-0.15, -0.1) is 24.0 Å². The van der Waals surface area contributed by atoms with Crippen LogP contribution in [-0.2, 0) is 19.5 Å². The number of halogens is 1. The average molecular weight is 441 g/mol. The van der Waals surface area contributed by atoms with Crippen LogP contribution in [0.3, 0.4) is 0 Å². The minimum Gasteiger partial charge on any atom is -0.370 e. The number of nitrogens with one attached hydrogen (secondary N) is 1. The molecule has 0 fully saturated rings. The van der Waals surface area contributed by atoms with Gasteiger partial charge in [0.15, 0.2) is 5.96 Å². The Bertz CT molecular complexity index is 607. The van der Waals surface area contributed by atoms with Gasteiger partial charge in [-0.25, -0.2) is 9.98 Å². The molecule has 0 radical (unpaired) electrons. The Morgan fingerprint density at radius 1 is 1.29 bits per heavy atom. The zero-order chi connectivity index (χ0) is 16.5. The molecule has 132 valence electrons. The summed E-state index contributed by atoms with van der Waals surface area (Å²) in [5, 5.41) is 3.12. The Labute approximate surface area is 161 Å². The lowest BCUT2D eigenvalue weighted by Gasteiger charge is -2.09. The van der Waals surface area contributed by atoms with Gasteiger partial charge in [0.1, 0.15) is 12.4 Å². The summed E-state index contributed by atoms with van der Waals surface area (Å²) in [6.07, 6.45) is 5.98. The predicted octanol–water partition coefficient (Wildman–Crippen LogP) is 3.19. The highest BCUT2D eigenvalue weighted by molar-refractivity contribution is 14.0. The fraction of sp³-hybridized carbons (Fsp3) is 0.444. The topological polar surface area (TPSA) is 68.2 Å². The molecule has 3 N–H and O–H groups in total. The Kier molecular flexibility index (Phi) is 9.44. The lowest BCUT2D eigenvalue weighted by Crippen LogP contribution is -2.34. The maximum absolute atomic E-state index is 5.87. The zero-order valence-corrected chi connectivity index (χ0v) is 16.8. The molecule has 0 bridgehead atoms. The summed E-state index contributed by atoms with van der Waals surface area (Å²) in [5.74, 6) is 1.98. The third-order valence-electron chi connectivity index (χ3n) is 3.59. The van der Waals surface area contributed by atoms with Crippen LogP contribution in [0.2, 0.25) is 0 Å². The van der Waals surface area contributed by atoms with E-state index in [2.05, 4.69) is 58.0 Å². The van der Waals surface area contributed by atoms with E-state index < -0.39 is 0 Å². The quantitative estimate of drug-likeness (QED) is 0.376. The van der Waals surface area contributed by atoms with Crippen molar-refractivity contribution in [3.63, 3.8) is 0 Å². The Balaban J connectivity index is 0.00000288. The van der Waals surface area contributed by atoms with Gasteiger partial charge in [0.25, 0.3) is 0 Å². The van der Waals surface area contributed by atoms with Gasteiger partial charge in [0, 0.05) is 25.5 Å². The standard InChI is InChI=1S/C18H27N5.HI/c1-15(2)13-21-18(19)22-14-17-20-10-12-23(17)11-6-9-16-7-4-3-5-8-16;/h3-5,7-8,10,12,15H,6,9,11,13-14H2,1-2H3,(H3,19,21,22);1H. The highest BCUT2D eigenvalue weighted by atomic mass is 127. The molecule has 0 atom stereocenters. The fourth-order valence-electron chi connectivity index (χ4n) is 2.31. The summed E-state index contributed by atoms with van der Waals surface area (Å²) in [5.41, 5.74) is 7.24. The van der Waals surface area contributed by atoms with Crippen molar-refractivity contribution in [2.45, 2.75) is 39.8 Å². The molecule has 0 aliphatic rings. The summed E-state index contributed by atoms with van der Waals surface area (Å²) < 4.78 is 2.15. The molecule has 1 heterocycles. The molecule has 0 saturated carbocycles. The minimum atomic E-state index is 0. The highest BCUT2D eigenvalue weighted by Crippen LogP contribution is 2.06. The number of nitrogens with two attached hydrogens (primary N) is 1. The molecule has 0 unspecified atom stereocenters. The summed E-state index contributed by atoms with van der Waals surface area (Å²) in [6.45, 7) is 6.56. The van der Waals surface area contributed by atoms with Gasteiger partial charge >= 0.3 is 0 Å². The van der Waals surface area contributed by atoms with E-state index in [-0.39, 0.29) is 24.0 Å². The predicted molar refractivity (Wildman–Crippen MR) is 111 cm³/mol. The van der Waals surface area contributed by atoms with Crippen LogP contribution in [0.4, 0.5) is 0 Å². The lowest BCUT2D eigenvalue weighted by atomic mass is 10.1. The minimum absolute atomic E-state index is 0. The maximum Gasteiger partial charge on any atom is 0.189 e. The van der Waals surface area contributed by atoms with Gasteiger partial charge in [-0.3, -0.25) is 0 Å². The van der Waals surface area contributed by atoms with Gasteiger partial charge in [-0.1, -0.05) is 44.2 Å². The number of aliphatic imine (C=N–C) groups is 1. The number of aryl methyl sites for hydroxylation is 2. The van der Waals surface area contributed by atoms with Gasteiger partial charge in [0.05, 0.1) is 0 Å². The second kappa shape index (κ2) is 11.1. The maximum atomic E-state index is 5.87. The first kappa shape index (κ1) is 20.5. The second-order valence-corrected chi connectivity index (χ2v) is 6.10. The first-order valence-electron chi connectivity index (χ1n) is 8.23. The molecule has 0 aliphatic heterocycles. The number of rotatable bonds is 8. The van der Waals surface area contributed by atoms with Crippen LogP contribution >= 0.6 is 24.0 Å². The summed E-state index contributed by atoms with van der Waals surface area (Å²) in [6, 6.07) is 10.5. The first-order chi connectivity index (χ1) is 11.1. The van der Waals surface area contributed by atoms with Crippen LogP contribution < -0.4 is 11.1 Å². The molecule has 1 aromatic heterocycles. The van der Waals surface area contributed by atoms with E-state index in [0.29, 0.717) is 18.4 Å². The van der Waals surface area contributed by atoms with Crippen LogP contribution in [0, 0.1) is 5.92 Å². The third kappa shape index (κ3) is 7.33. The van der Waals surface area contributed by atoms with Gasteiger partial charge in [-0.2, -0.15) is 0 Å². The monoisotopic (exact) mass is 441 g/mol. The summed E-state index contributed by atoms with van der Waals surface area (Å²) >= 11 is 0. The van der Waals surface area contributed by atoms with E-state index in [1.54, 1.807) is 0 Å². The lowest BCUT2D eigenvalue weighted by molar-refractivity contribution is 0.607. The zero-order valence-electron chi connectivity index (χ0n) is 14.5. The SMILES string of the molecule is CC(C)CNC(N)=NCc1nccn1CCCc1ccccc1.I. The van der Waals surface area contributed by atoms with Crippen molar-refractivity contribution >= 4 is 29.9 Å². The van der Waals surface area contributed by atoms with Crippen molar-refractivity contribution in [1.29, 1.82) is 0 Å². The van der Waals surface area contributed by atoms with E-state index in [0.717, 1.165) is 31.8 Å². The molecule has 0 aliphatic carbocycles. The fourth-order valence-corrected chi connectivity index (χ4v) is 2.31. The largest absolute Gasteiger partial charge is 0.370 e. The van der Waals surface area contributed by atoms with Crippen molar-refractivity contribution in [3.8, 4) is 0 Å². The molecule has 2 rings (SSSR count). The van der Waals surface area contributed by atoms with Crippen LogP contribution in [-0.4, -0.2) is 22.1 Å². The second-order valence-electron chi connectivity index (χ2n) is 6.10. The highest BCUT2D eigenvalue weighted by Gasteiger charge is 2.03. The van der Waals surface area contributed by atoms with E-state index in [1.165, 1.54) is 5.56 Å². The number of aromatic nitrogens is 2. The Morgan fingerprint density at radius 2 is 2.04 bits per heavy atom. The van der Waals surface area contributed by atoms with E-state index in [1.807, 2.05) is 18.5 Å². The molecule has 24 heavy (non-hydrogen) atoms. The van der Waals surface area contributed by atoms with Crippen molar-refractivity contribution in [2.24, 2.45) is 16.6 Å². The summed E-state index contributed by atoms with van der Waals surface area (Å²) in [4.78, 5) is 8.75. The number of hydrogen-bond acceptors (Lipinski definition) is 2. The van der Waals surface area contributed by atoms with Crippen LogP contribution in [0.25, 0.3) is 0 Å². The van der Waals surface area contributed by atoms with E-state index in [4.69, 9.17) is 5.73 Å². The molecular formula is C18H28IN5. The smallest absolute Gasteiger partial charge is 0.189 e. The van der Waals surface area contributed by atoms with E-state index in [9.17, 15) is 0 Å². The van der Waals surface area contributed by atoms with Crippen LogP contribution in [0.1, 0.15) is 31.7 Å². The third-order valence-corrected chi connectivity index (χ3v) is 3.59. The van der Waals surface area contributed by atoms with E-state index >= 15 is 0 Å². The van der Waals surface area contributed by atoms with Crippen molar-refractivity contribution in [2.75, 3.05) is 6.54 Å². The first-order valence-corrected chi connectivity index (χ1v) is 8.23. The molecule has 0 spiro atoms. The van der Waals surface area contributed by atoms with Gasteiger partial charge in [-0.05, 0) is 24.3 Å². The molecule has 0 amide bonds. The van der Waals surface area contributed by atoms with Crippen molar-refractivity contribution < 1.29 is 0 Å². The molecule has 0 saturated heterocycles. The van der Waals surface area contributed by atoms with Gasteiger partial charge < -0.3 is 15.6 Å². The molecule has 2 aromatic rings. The molecular weight excluding hydrogens is 413 g/mol. The van der Waals surface area contributed by atoms with Crippen molar-refractivity contribution in [1.82, 2.24) is 14.9 Å². The number of benzene rings is 1. The number of guanidine groups is 1. The van der Waals surface area contributed by atoms with Gasteiger partial charge in [0.2, 0.25) is 0 Å². The summed E-state index contributed by atoms with van der Waals surface area (Å²) in [7, 11) is 0. The number of imidazole rings is 1.